The van der Waals surface area contributed by atoms with Gasteiger partial charge < -0.3 is 9.47 Å². The number of hydrogen-bond donors (Lipinski definition) is 0. The average molecular weight is 290 g/mol. The molecule has 110 valence electrons. The Hall–Kier alpha value is -2.74. The molecule has 2 heteroatoms. The van der Waals surface area contributed by atoms with Gasteiger partial charge in [-0.1, -0.05) is 42.0 Å². The van der Waals surface area contributed by atoms with E-state index in [4.69, 9.17) is 9.47 Å². The molecular formula is C20H18O2. The first-order chi connectivity index (χ1) is 10.8. The Labute approximate surface area is 131 Å². The van der Waals surface area contributed by atoms with Gasteiger partial charge in [-0.2, -0.15) is 0 Å². The Morgan fingerprint density at radius 1 is 0.727 bits per heavy atom. The highest BCUT2D eigenvalue weighted by atomic mass is 16.5. The zero-order chi connectivity index (χ0) is 15.4. The van der Waals surface area contributed by atoms with Gasteiger partial charge in [0, 0.05) is 5.56 Å². The van der Waals surface area contributed by atoms with Gasteiger partial charge >= 0.3 is 0 Å². The van der Waals surface area contributed by atoms with Crippen molar-refractivity contribution in [3.63, 3.8) is 0 Å². The zero-order valence-electron chi connectivity index (χ0n) is 12.7. The SMILES string of the molecule is COc1ccc(C)cc1-c1ccc(Oc2ccccc2)cc1. The van der Waals surface area contributed by atoms with E-state index in [1.54, 1.807) is 7.11 Å². The molecule has 0 saturated carbocycles. The lowest BCUT2D eigenvalue weighted by Crippen LogP contribution is -1.89. The van der Waals surface area contributed by atoms with E-state index in [-0.39, 0.29) is 0 Å². The van der Waals surface area contributed by atoms with Gasteiger partial charge in [-0.3, -0.25) is 0 Å². The lowest BCUT2D eigenvalue weighted by atomic mass is 10.0. The fraction of sp³-hybridized carbons (Fsp3) is 0.100. The summed E-state index contributed by atoms with van der Waals surface area (Å²) in [5.41, 5.74) is 3.41. The van der Waals surface area contributed by atoms with Crippen LogP contribution in [0.2, 0.25) is 0 Å². The van der Waals surface area contributed by atoms with E-state index >= 15 is 0 Å². The molecule has 3 aromatic carbocycles. The van der Waals surface area contributed by atoms with Gasteiger partial charge in [-0.25, -0.2) is 0 Å². The molecule has 0 spiro atoms. The van der Waals surface area contributed by atoms with E-state index in [2.05, 4.69) is 31.2 Å². The largest absolute Gasteiger partial charge is 0.496 e. The van der Waals surface area contributed by atoms with Crippen molar-refractivity contribution in [2.24, 2.45) is 0 Å². The van der Waals surface area contributed by atoms with E-state index < -0.39 is 0 Å². The van der Waals surface area contributed by atoms with Crippen LogP contribution >= 0.6 is 0 Å². The topological polar surface area (TPSA) is 18.5 Å². The van der Waals surface area contributed by atoms with Gasteiger partial charge in [0.1, 0.15) is 17.2 Å². The van der Waals surface area contributed by atoms with Crippen molar-refractivity contribution in [1.29, 1.82) is 0 Å². The van der Waals surface area contributed by atoms with E-state index in [0.717, 1.165) is 28.4 Å². The minimum absolute atomic E-state index is 0.821. The number of aryl methyl sites for hydroxylation is 1. The first-order valence-electron chi connectivity index (χ1n) is 7.24. The van der Waals surface area contributed by atoms with Crippen LogP contribution in [0, 0.1) is 6.92 Å². The van der Waals surface area contributed by atoms with Crippen LogP contribution < -0.4 is 9.47 Å². The maximum atomic E-state index is 5.82. The molecule has 0 atom stereocenters. The third-order valence-corrected chi connectivity index (χ3v) is 3.50. The average Bonchev–Trinajstić information content (AvgIpc) is 2.56. The Balaban J connectivity index is 1.87. The molecule has 3 rings (SSSR count). The summed E-state index contributed by atoms with van der Waals surface area (Å²) in [7, 11) is 1.70. The maximum Gasteiger partial charge on any atom is 0.127 e. The first-order valence-corrected chi connectivity index (χ1v) is 7.24. The van der Waals surface area contributed by atoms with Crippen molar-refractivity contribution < 1.29 is 9.47 Å². The zero-order valence-corrected chi connectivity index (χ0v) is 12.7. The first kappa shape index (κ1) is 14.2. The lowest BCUT2D eigenvalue weighted by Gasteiger charge is -2.11. The minimum atomic E-state index is 0.821. The van der Waals surface area contributed by atoms with Gasteiger partial charge in [-0.15, -0.1) is 0 Å². The lowest BCUT2D eigenvalue weighted by molar-refractivity contribution is 0.416. The van der Waals surface area contributed by atoms with Crippen molar-refractivity contribution >= 4 is 0 Å². The predicted molar refractivity (Wildman–Crippen MR) is 89.7 cm³/mol. The van der Waals surface area contributed by atoms with Crippen molar-refractivity contribution in [3.8, 4) is 28.4 Å². The van der Waals surface area contributed by atoms with Crippen LogP contribution in [-0.2, 0) is 0 Å². The number of benzene rings is 3. The standard InChI is InChI=1S/C20H18O2/c1-15-8-13-20(21-2)19(14-15)16-9-11-18(12-10-16)22-17-6-4-3-5-7-17/h3-14H,1-2H3. The molecule has 0 radical (unpaired) electrons. The molecule has 0 N–H and O–H groups in total. The molecule has 0 heterocycles. The second-order valence-corrected chi connectivity index (χ2v) is 5.14. The van der Waals surface area contributed by atoms with Crippen LogP contribution in [-0.4, -0.2) is 7.11 Å². The molecule has 0 aliphatic rings. The summed E-state index contributed by atoms with van der Waals surface area (Å²) >= 11 is 0. The summed E-state index contributed by atoms with van der Waals surface area (Å²) in [5, 5.41) is 0. The van der Waals surface area contributed by atoms with Crippen molar-refractivity contribution in [1.82, 2.24) is 0 Å². The van der Waals surface area contributed by atoms with Crippen LogP contribution in [0.1, 0.15) is 5.56 Å². The molecule has 0 aliphatic heterocycles. The van der Waals surface area contributed by atoms with Crippen LogP contribution in [0.4, 0.5) is 0 Å². The number of methoxy groups -OCH3 is 1. The fourth-order valence-corrected chi connectivity index (χ4v) is 2.37. The van der Waals surface area contributed by atoms with Crippen molar-refractivity contribution in [2.75, 3.05) is 7.11 Å². The summed E-state index contributed by atoms with van der Waals surface area (Å²) in [6, 6.07) is 24.0. The Kier molecular flexibility index (Phi) is 4.10. The van der Waals surface area contributed by atoms with Crippen LogP contribution in [0.3, 0.4) is 0 Å². The molecule has 0 aliphatic carbocycles. The van der Waals surface area contributed by atoms with Crippen molar-refractivity contribution in [3.05, 3.63) is 78.4 Å². The number of hydrogen-bond acceptors (Lipinski definition) is 2. The van der Waals surface area contributed by atoms with Crippen LogP contribution in [0.5, 0.6) is 17.2 Å². The summed E-state index contributed by atoms with van der Waals surface area (Å²) in [6.45, 7) is 2.08. The minimum Gasteiger partial charge on any atom is -0.496 e. The van der Waals surface area contributed by atoms with Gasteiger partial charge in [0.25, 0.3) is 0 Å². The molecule has 0 unspecified atom stereocenters. The summed E-state index contributed by atoms with van der Waals surface area (Å²) in [5.74, 6) is 2.53. The molecular weight excluding hydrogens is 272 g/mol. The van der Waals surface area contributed by atoms with E-state index in [0.29, 0.717) is 0 Å². The van der Waals surface area contributed by atoms with E-state index in [1.807, 2.05) is 48.5 Å². The molecule has 2 nitrogen and oxygen atoms in total. The third kappa shape index (κ3) is 3.12. The normalized spacial score (nSPS) is 10.3. The van der Waals surface area contributed by atoms with Crippen molar-refractivity contribution in [2.45, 2.75) is 6.92 Å². The van der Waals surface area contributed by atoms with E-state index in [1.165, 1.54) is 5.56 Å². The van der Waals surface area contributed by atoms with Gasteiger partial charge in [0.15, 0.2) is 0 Å². The Morgan fingerprint density at radius 2 is 1.41 bits per heavy atom. The number of ether oxygens (including phenoxy) is 2. The molecule has 0 bridgehead atoms. The van der Waals surface area contributed by atoms with Crippen LogP contribution in [0.25, 0.3) is 11.1 Å². The van der Waals surface area contributed by atoms with Crippen LogP contribution in [0.15, 0.2) is 72.8 Å². The van der Waals surface area contributed by atoms with Gasteiger partial charge in [-0.05, 0) is 48.9 Å². The molecule has 0 amide bonds. The number of rotatable bonds is 4. The monoisotopic (exact) mass is 290 g/mol. The van der Waals surface area contributed by atoms with E-state index in [9.17, 15) is 0 Å². The molecule has 0 saturated heterocycles. The second-order valence-electron chi connectivity index (χ2n) is 5.14. The summed E-state index contributed by atoms with van der Waals surface area (Å²) < 4.78 is 11.3. The second kappa shape index (κ2) is 6.35. The smallest absolute Gasteiger partial charge is 0.127 e. The molecule has 0 fully saturated rings. The highest BCUT2D eigenvalue weighted by Gasteiger charge is 2.06. The summed E-state index contributed by atoms with van der Waals surface area (Å²) in [4.78, 5) is 0. The number of para-hydroxylation sites is 1. The maximum absolute atomic E-state index is 5.82. The third-order valence-electron chi connectivity index (χ3n) is 3.50. The fourth-order valence-electron chi connectivity index (χ4n) is 2.37. The highest BCUT2D eigenvalue weighted by Crippen LogP contribution is 2.32. The Bertz CT molecular complexity index is 746. The Morgan fingerprint density at radius 3 is 2.09 bits per heavy atom. The van der Waals surface area contributed by atoms with Gasteiger partial charge in [0.05, 0.1) is 7.11 Å². The predicted octanol–water partition coefficient (Wildman–Crippen LogP) is 5.46. The molecule has 0 aromatic heterocycles. The van der Waals surface area contributed by atoms with Gasteiger partial charge in [0.2, 0.25) is 0 Å². The quantitative estimate of drug-likeness (QED) is 0.635. The molecule has 22 heavy (non-hydrogen) atoms. The highest BCUT2D eigenvalue weighted by molar-refractivity contribution is 5.71. The summed E-state index contributed by atoms with van der Waals surface area (Å²) in [6.07, 6.45) is 0. The molecule has 3 aromatic rings.